The van der Waals surface area contributed by atoms with Gasteiger partial charge in [0.1, 0.15) is 0 Å². The Hall–Kier alpha value is -1.64. The standard InChI is InChI=1S/C20H24ClN3O3S2/c21-14-6-8-15(9-7-14)24-17-5-3-1-2-4-16(17)19(23-24)20(27)22-11-13-29-28-12-10-18(25)26/h6-9H,1-5,10-13H2,(H,22,27)(H,25,26). The van der Waals surface area contributed by atoms with Crippen molar-refractivity contribution < 1.29 is 14.7 Å². The van der Waals surface area contributed by atoms with Gasteiger partial charge in [0.25, 0.3) is 5.91 Å². The molecule has 6 nitrogen and oxygen atoms in total. The van der Waals surface area contributed by atoms with Crippen molar-refractivity contribution in [3.8, 4) is 5.69 Å². The number of aliphatic carboxylic acids is 1. The molecule has 0 spiro atoms. The third-order valence-electron chi connectivity index (χ3n) is 4.67. The van der Waals surface area contributed by atoms with E-state index < -0.39 is 5.97 Å². The maximum absolute atomic E-state index is 12.8. The van der Waals surface area contributed by atoms with E-state index in [1.54, 1.807) is 10.8 Å². The molecular weight excluding hydrogens is 430 g/mol. The fourth-order valence-corrected chi connectivity index (χ4v) is 5.30. The van der Waals surface area contributed by atoms with E-state index in [0.29, 0.717) is 23.0 Å². The lowest BCUT2D eigenvalue weighted by Gasteiger charge is -2.07. The number of hydrogen-bond acceptors (Lipinski definition) is 5. The SMILES string of the molecule is O=C(O)CCSSCCNC(=O)c1nn(-c2ccc(Cl)cc2)c2c1CCCCC2. The van der Waals surface area contributed by atoms with Crippen molar-refractivity contribution in [3.05, 3.63) is 46.2 Å². The highest BCUT2D eigenvalue weighted by molar-refractivity contribution is 8.76. The van der Waals surface area contributed by atoms with E-state index in [-0.39, 0.29) is 12.3 Å². The Morgan fingerprint density at radius 2 is 1.83 bits per heavy atom. The normalized spacial score (nSPS) is 13.6. The van der Waals surface area contributed by atoms with Crippen molar-refractivity contribution in [2.24, 2.45) is 0 Å². The van der Waals surface area contributed by atoms with Crippen LogP contribution < -0.4 is 5.32 Å². The maximum atomic E-state index is 12.8. The van der Waals surface area contributed by atoms with Gasteiger partial charge in [0.05, 0.1) is 12.1 Å². The van der Waals surface area contributed by atoms with Crippen LogP contribution in [0.15, 0.2) is 24.3 Å². The van der Waals surface area contributed by atoms with Gasteiger partial charge in [0.15, 0.2) is 5.69 Å². The number of amides is 1. The molecule has 0 aliphatic heterocycles. The Bertz CT molecular complexity index is 855. The van der Waals surface area contributed by atoms with Gasteiger partial charge in [0, 0.05) is 34.3 Å². The zero-order valence-electron chi connectivity index (χ0n) is 16.0. The Morgan fingerprint density at radius 3 is 2.59 bits per heavy atom. The van der Waals surface area contributed by atoms with E-state index in [1.165, 1.54) is 10.8 Å². The molecule has 29 heavy (non-hydrogen) atoms. The summed E-state index contributed by atoms with van der Waals surface area (Å²) in [6.07, 6.45) is 5.24. The lowest BCUT2D eigenvalue weighted by Crippen LogP contribution is -2.27. The summed E-state index contributed by atoms with van der Waals surface area (Å²) >= 11 is 6.02. The highest BCUT2D eigenvalue weighted by atomic mass is 35.5. The molecule has 1 aliphatic rings. The first kappa shape index (κ1) is 22.1. The van der Waals surface area contributed by atoms with Gasteiger partial charge in [-0.05, 0) is 49.9 Å². The second kappa shape index (κ2) is 10.9. The van der Waals surface area contributed by atoms with Crippen LogP contribution in [0.5, 0.6) is 0 Å². The molecule has 0 saturated heterocycles. The molecule has 0 atom stereocenters. The van der Waals surface area contributed by atoms with Crippen molar-refractivity contribution in [3.63, 3.8) is 0 Å². The number of hydrogen-bond donors (Lipinski definition) is 2. The number of rotatable bonds is 9. The predicted octanol–water partition coefficient (Wildman–Crippen LogP) is 4.38. The first-order chi connectivity index (χ1) is 14.1. The zero-order chi connectivity index (χ0) is 20.6. The van der Waals surface area contributed by atoms with Crippen molar-refractivity contribution in [1.29, 1.82) is 0 Å². The lowest BCUT2D eigenvalue weighted by molar-refractivity contribution is -0.136. The van der Waals surface area contributed by atoms with Gasteiger partial charge in [-0.2, -0.15) is 5.10 Å². The van der Waals surface area contributed by atoms with E-state index in [9.17, 15) is 9.59 Å². The van der Waals surface area contributed by atoms with Crippen LogP contribution in [-0.4, -0.2) is 44.8 Å². The Balaban J connectivity index is 1.66. The number of carboxylic acids is 1. The third-order valence-corrected chi connectivity index (χ3v) is 7.33. The predicted molar refractivity (Wildman–Crippen MR) is 119 cm³/mol. The Morgan fingerprint density at radius 1 is 1.10 bits per heavy atom. The molecule has 0 saturated carbocycles. The minimum Gasteiger partial charge on any atom is -0.481 e. The Kier molecular flexibility index (Phi) is 8.32. The highest BCUT2D eigenvalue weighted by Crippen LogP contribution is 2.27. The molecule has 1 aromatic heterocycles. The van der Waals surface area contributed by atoms with Crippen LogP contribution >= 0.6 is 33.2 Å². The molecule has 0 bridgehead atoms. The van der Waals surface area contributed by atoms with Crippen LogP contribution in [0.4, 0.5) is 0 Å². The Labute approximate surface area is 183 Å². The minimum atomic E-state index is -0.789. The molecule has 0 radical (unpaired) electrons. The molecule has 156 valence electrons. The van der Waals surface area contributed by atoms with Crippen molar-refractivity contribution in [1.82, 2.24) is 15.1 Å². The largest absolute Gasteiger partial charge is 0.481 e. The number of carbonyl (C=O) groups excluding carboxylic acids is 1. The first-order valence-corrected chi connectivity index (χ1v) is 12.5. The number of halogens is 1. The van der Waals surface area contributed by atoms with Crippen LogP contribution in [0, 0.1) is 0 Å². The highest BCUT2D eigenvalue weighted by Gasteiger charge is 2.24. The van der Waals surface area contributed by atoms with E-state index in [1.807, 2.05) is 28.9 Å². The quantitative estimate of drug-likeness (QED) is 0.333. The lowest BCUT2D eigenvalue weighted by atomic mass is 10.1. The van der Waals surface area contributed by atoms with E-state index in [2.05, 4.69) is 10.4 Å². The van der Waals surface area contributed by atoms with Gasteiger partial charge in [-0.1, -0.05) is 39.6 Å². The molecule has 0 unspecified atom stereocenters. The summed E-state index contributed by atoms with van der Waals surface area (Å²) in [6.45, 7) is 0.520. The average Bonchev–Trinajstić information content (AvgIpc) is 2.89. The topological polar surface area (TPSA) is 84.2 Å². The maximum Gasteiger partial charge on any atom is 0.304 e. The smallest absolute Gasteiger partial charge is 0.304 e. The summed E-state index contributed by atoms with van der Waals surface area (Å²) < 4.78 is 1.89. The first-order valence-electron chi connectivity index (χ1n) is 9.67. The summed E-state index contributed by atoms with van der Waals surface area (Å²) in [6, 6.07) is 7.52. The summed E-state index contributed by atoms with van der Waals surface area (Å²) in [5.41, 5.74) is 3.60. The van der Waals surface area contributed by atoms with Crippen molar-refractivity contribution in [2.75, 3.05) is 18.1 Å². The summed E-state index contributed by atoms with van der Waals surface area (Å²) in [4.78, 5) is 23.3. The van der Waals surface area contributed by atoms with Crippen LogP contribution in [-0.2, 0) is 17.6 Å². The molecule has 1 aliphatic carbocycles. The fraction of sp³-hybridized carbons (Fsp3) is 0.450. The zero-order valence-corrected chi connectivity index (χ0v) is 18.4. The van der Waals surface area contributed by atoms with Crippen LogP contribution in [0.3, 0.4) is 0 Å². The van der Waals surface area contributed by atoms with Gasteiger partial charge < -0.3 is 10.4 Å². The summed E-state index contributed by atoms with van der Waals surface area (Å²) in [5, 5.41) is 16.9. The van der Waals surface area contributed by atoms with Gasteiger partial charge >= 0.3 is 5.97 Å². The van der Waals surface area contributed by atoms with Crippen LogP contribution in [0.2, 0.25) is 5.02 Å². The molecule has 1 amide bonds. The second-order valence-corrected chi connectivity index (χ2v) is 9.90. The second-order valence-electron chi connectivity index (χ2n) is 6.77. The van der Waals surface area contributed by atoms with Crippen LogP contribution in [0.1, 0.15) is 47.4 Å². The summed E-state index contributed by atoms with van der Waals surface area (Å²) in [7, 11) is 3.08. The molecule has 1 heterocycles. The number of nitrogens with zero attached hydrogens (tertiary/aromatic N) is 2. The van der Waals surface area contributed by atoms with Gasteiger partial charge in [-0.3, -0.25) is 9.59 Å². The van der Waals surface area contributed by atoms with Crippen molar-refractivity contribution >= 4 is 45.1 Å². The molecule has 2 N–H and O–H groups in total. The molecule has 2 aromatic rings. The molecule has 9 heteroatoms. The molecule has 0 fully saturated rings. The minimum absolute atomic E-state index is 0.146. The monoisotopic (exact) mass is 453 g/mol. The van der Waals surface area contributed by atoms with E-state index in [0.717, 1.165) is 54.8 Å². The van der Waals surface area contributed by atoms with Gasteiger partial charge in [-0.25, -0.2) is 4.68 Å². The number of nitrogens with one attached hydrogen (secondary N) is 1. The fourth-order valence-electron chi connectivity index (χ4n) is 3.29. The van der Waals surface area contributed by atoms with Crippen molar-refractivity contribution in [2.45, 2.75) is 38.5 Å². The van der Waals surface area contributed by atoms with Gasteiger partial charge in [0.2, 0.25) is 0 Å². The van der Waals surface area contributed by atoms with E-state index in [4.69, 9.17) is 16.7 Å². The molecule has 1 aromatic carbocycles. The number of carboxylic acid groups (broad SMARTS) is 1. The number of carbonyl (C=O) groups is 2. The van der Waals surface area contributed by atoms with Gasteiger partial charge in [-0.15, -0.1) is 0 Å². The number of fused-ring (bicyclic) bond motifs is 1. The average molecular weight is 454 g/mol. The molecule has 3 rings (SSSR count). The number of aromatic nitrogens is 2. The molecular formula is C20H24ClN3O3S2. The van der Waals surface area contributed by atoms with Crippen LogP contribution in [0.25, 0.3) is 5.69 Å². The number of benzene rings is 1. The third kappa shape index (κ3) is 6.17. The summed E-state index contributed by atoms with van der Waals surface area (Å²) in [5.74, 6) is 0.346. The van der Waals surface area contributed by atoms with E-state index >= 15 is 0 Å².